The van der Waals surface area contributed by atoms with Crippen molar-refractivity contribution in [1.82, 2.24) is 19.7 Å². The van der Waals surface area contributed by atoms with E-state index in [1.165, 1.54) is 23.1 Å². The third-order valence-electron chi connectivity index (χ3n) is 5.26. The van der Waals surface area contributed by atoms with Crippen LogP contribution in [0.1, 0.15) is 25.3 Å². The maximum atomic E-state index is 12.9. The first-order valence-corrected chi connectivity index (χ1v) is 9.70. The van der Waals surface area contributed by atoms with Crippen molar-refractivity contribution in [3.63, 3.8) is 0 Å². The number of carbonyl (C=O) groups is 1. The van der Waals surface area contributed by atoms with E-state index in [2.05, 4.69) is 32.2 Å². The SMILES string of the molecule is CC1CCN(c2ncnc3c2cnn3CC(=O)Nc2cccc(C(F)(F)F)c2)CC1. The predicted octanol–water partition coefficient (Wildman–Crippen LogP) is 3.72. The highest BCUT2D eigenvalue weighted by Crippen LogP contribution is 2.31. The van der Waals surface area contributed by atoms with Gasteiger partial charge in [-0.1, -0.05) is 13.0 Å². The molecular weight excluding hydrogens is 397 g/mol. The number of anilines is 2. The fourth-order valence-electron chi connectivity index (χ4n) is 3.58. The first-order chi connectivity index (χ1) is 14.3. The first-order valence-electron chi connectivity index (χ1n) is 9.70. The van der Waals surface area contributed by atoms with Crippen molar-refractivity contribution >= 4 is 28.4 Å². The smallest absolute Gasteiger partial charge is 0.356 e. The number of benzene rings is 1. The van der Waals surface area contributed by atoms with E-state index in [-0.39, 0.29) is 12.2 Å². The lowest BCUT2D eigenvalue weighted by Gasteiger charge is -2.31. The molecule has 0 radical (unpaired) electrons. The third kappa shape index (κ3) is 4.22. The van der Waals surface area contributed by atoms with E-state index in [1.807, 2.05) is 0 Å². The zero-order valence-electron chi connectivity index (χ0n) is 16.4. The minimum absolute atomic E-state index is 0.0732. The molecule has 2 aromatic heterocycles. The van der Waals surface area contributed by atoms with Crippen molar-refractivity contribution in [2.75, 3.05) is 23.3 Å². The number of nitrogens with zero attached hydrogens (tertiary/aromatic N) is 5. The highest BCUT2D eigenvalue weighted by Gasteiger charge is 2.30. The summed E-state index contributed by atoms with van der Waals surface area (Å²) in [4.78, 5) is 23.2. The Hall–Kier alpha value is -3.17. The van der Waals surface area contributed by atoms with Crippen LogP contribution in [0.4, 0.5) is 24.7 Å². The molecule has 0 unspecified atom stereocenters. The van der Waals surface area contributed by atoms with Gasteiger partial charge in [-0.05, 0) is 37.0 Å². The molecule has 7 nitrogen and oxygen atoms in total. The molecule has 0 aliphatic carbocycles. The van der Waals surface area contributed by atoms with Crippen LogP contribution >= 0.6 is 0 Å². The average molecular weight is 418 g/mol. The predicted molar refractivity (Wildman–Crippen MR) is 106 cm³/mol. The van der Waals surface area contributed by atoms with Gasteiger partial charge in [0.25, 0.3) is 0 Å². The number of carbonyl (C=O) groups excluding carboxylic acids is 1. The molecule has 30 heavy (non-hydrogen) atoms. The summed E-state index contributed by atoms with van der Waals surface area (Å²) in [7, 11) is 0. The second kappa shape index (κ2) is 7.92. The summed E-state index contributed by atoms with van der Waals surface area (Å²) in [5.74, 6) is 0.976. The number of nitrogens with one attached hydrogen (secondary N) is 1. The lowest BCUT2D eigenvalue weighted by Crippen LogP contribution is -2.33. The monoisotopic (exact) mass is 418 g/mol. The van der Waals surface area contributed by atoms with Gasteiger partial charge in [0.15, 0.2) is 5.65 Å². The first kappa shape index (κ1) is 20.1. The largest absolute Gasteiger partial charge is 0.416 e. The molecule has 10 heteroatoms. The Balaban J connectivity index is 1.51. The van der Waals surface area contributed by atoms with Crippen LogP contribution in [0.15, 0.2) is 36.8 Å². The van der Waals surface area contributed by atoms with Crippen LogP contribution in [-0.2, 0) is 17.5 Å². The number of alkyl halides is 3. The van der Waals surface area contributed by atoms with Crippen LogP contribution in [0.25, 0.3) is 11.0 Å². The van der Waals surface area contributed by atoms with E-state index in [4.69, 9.17) is 0 Å². The molecule has 1 aliphatic rings. The van der Waals surface area contributed by atoms with Crippen LogP contribution < -0.4 is 10.2 Å². The van der Waals surface area contributed by atoms with Crippen LogP contribution in [0.2, 0.25) is 0 Å². The van der Waals surface area contributed by atoms with Crippen molar-refractivity contribution < 1.29 is 18.0 Å². The van der Waals surface area contributed by atoms with Gasteiger partial charge in [-0.3, -0.25) is 4.79 Å². The molecule has 1 saturated heterocycles. The summed E-state index contributed by atoms with van der Waals surface area (Å²) in [5.41, 5.74) is -0.236. The fourth-order valence-corrected chi connectivity index (χ4v) is 3.58. The average Bonchev–Trinajstić information content (AvgIpc) is 3.11. The number of piperidine rings is 1. The molecule has 1 fully saturated rings. The summed E-state index contributed by atoms with van der Waals surface area (Å²) in [6.07, 6.45) is 0.759. The number of aromatic nitrogens is 4. The fraction of sp³-hybridized carbons (Fsp3) is 0.400. The van der Waals surface area contributed by atoms with Crippen LogP contribution in [-0.4, -0.2) is 38.7 Å². The number of amides is 1. The molecule has 158 valence electrons. The summed E-state index contributed by atoms with van der Waals surface area (Å²) in [6, 6.07) is 4.51. The Bertz CT molecular complexity index is 1060. The number of hydrogen-bond donors (Lipinski definition) is 1. The quantitative estimate of drug-likeness (QED) is 0.699. The number of halogens is 3. The number of fused-ring (bicyclic) bond motifs is 1. The zero-order chi connectivity index (χ0) is 21.3. The summed E-state index contributed by atoms with van der Waals surface area (Å²) < 4.78 is 40.0. The molecule has 0 atom stereocenters. The van der Waals surface area contributed by atoms with Crippen molar-refractivity contribution in [2.45, 2.75) is 32.5 Å². The Morgan fingerprint density at radius 2 is 2.00 bits per heavy atom. The molecule has 1 amide bonds. The van der Waals surface area contributed by atoms with Gasteiger partial charge in [0.05, 0.1) is 17.1 Å². The molecule has 0 spiro atoms. The zero-order valence-corrected chi connectivity index (χ0v) is 16.4. The highest BCUT2D eigenvalue weighted by molar-refractivity contribution is 5.92. The highest BCUT2D eigenvalue weighted by atomic mass is 19.4. The van der Waals surface area contributed by atoms with E-state index in [0.29, 0.717) is 11.6 Å². The lowest BCUT2D eigenvalue weighted by molar-refractivity contribution is -0.137. The second-order valence-corrected chi connectivity index (χ2v) is 7.53. The molecule has 3 heterocycles. The normalized spacial score (nSPS) is 15.5. The summed E-state index contributed by atoms with van der Waals surface area (Å²) in [6.45, 7) is 3.85. The van der Waals surface area contributed by atoms with E-state index in [9.17, 15) is 18.0 Å². The molecule has 0 saturated carbocycles. The van der Waals surface area contributed by atoms with Gasteiger partial charge in [0, 0.05) is 18.8 Å². The maximum absolute atomic E-state index is 12.9. The minimum Gasteiger partial charge on any atom is -0.356 e. The van der Waals surface area contributed by atoms with Gasteiger partial charge < -0.3 is 10.2 Å². The number of hydrogen-bond acceptors (Lipinski definition) is 5. The van der Waals surface area contributed by atoms with Gasteiger partial charge in [0.1, 0.15) is 18.7 Å². The second-order valence-electron chi connectivity index (χ2n) is 7.53. The lowest BCUT2D eigenvalue weighted by atomic mass is 9.99. The van der Waals surface area contributed by atoms with Crippen molar-refractivity contribution in [3.05, 3.63) is 42.4 Å². The van der Waals surface area contributed by atoms with E-state index < -0.39 is 17.6 Å². The van der Waals surface area contributed by atoms with Crippen LogP contribution in [0.5, 0.6) is 0 Å². The van der Waals surface area contributed by atoms with Crippen molar-refractivity contribution in [1.29, 1.82) is 0 Å². The minimum atomic E-state index is -4.47. The van der Waals surface area contributed by atoms with E-state index in [0.717, 1.165) is 49.3 Å². The Morgan fingerprint density at radius 1 is 1.23 bits per heavy atom. The Kier molecular flexibility index (Phi) is 5.31. The van der Waals surface area contributed by atoms with Crippen LogP contribution in [0, 0.1) is 5.92 Å². The van der Waals surface area contributed by atoms with Crippen LogP contribution in [0.3, 0.4) is 0 Å². The molecule has 3 aromatic rings. The van der Waals surface area contributed by atoms with E-state index in [1.54, 1.807) is 6.20 Å². The molecular formula is C20H21F3N6O. The van der Waals surface area contributed by atoms with E-state index >= 15 is 0 Å². The molecule has 1 aliphatic heterocycles. The van der Waals surface area contributed by atoms with Gasteiger partial charge in [-0.15, -0.1) is 0 Å². The maximum Gasteiger partial charge on any atom is 0.416 e. The van der Waals surface area contributed by atoms with Gasteiger partial charge in [-0.2, -0.15) is 18.3 Å². The number of rotatable bonds is 4. The third-order valence-corrected chi connectivity index (χ3v) is 5.26. The Morgan fingerprint density at radius 3 is 2.73 bits per heavy atom. The molecule has 1 N–H and O–H groups in total. The Labute approximate surface area is 170 Å². The summed E-state index contributed by atoms with van der Waals surface area (Å²) >= 11 is 0. The van der Waals surface area contributed by atoms with Gasteiger partial charge >= 0.3 is 6.18 Å². The molecule has 0 bridgehead atoms. The topological polar surface area (TPSA) is 75.9 Å². The standard InChI is InChI=1S/C20H21F3N6O/c1-13-5-7-28(8-6-13)18-16-10-26-29(19(16)25-12-24-18)11-17(30)27-15-4-2-3-14(9-15)20(21,22)23/h2-4,9-10,12-13H,5-8,11H2,1H3,(H,27,30). The summed E-state index contributed by atoms with van der Waals surface area (Å²) in [5, 5.41) is 7.49. The molecule has 1 aromatic carbocycles. The van der Waals surface area contributed by atoms with Crippen molar-refractivity contribution in [2.24, 2.45) is 5.92 Å². The molecule has 4 rings (SSSR count). The van der Waals surface area contributed by atoms with Gasteiger partial charge in [0.2, 0.25) is 5.91 Å². The van der Waals surface area contributed by atoms with Crippen molar-refractivity contribution in [3.8, 4) is 0 Å². The van der Waals surface area contributed by atoms with Gasteiger partial charge in [-0.25, -0.2) is 14.6 Å².